The molecule has 0 spiro atoms. The van der Waals surface area contributed by atoms with Gasteiger partial charge in [0.05, 0.1) is 12.7 Å². The van der Waals surface area contributed by atoms with E-state index in [0.29, 0.717) is 32.4 Å². The average molecular weight is 447 g/mol. The minimum Gasteiger partial charge on any atom is -0.494 e. The van der Waals surface area contributed by atoms with Crippen molar-refractivity contribution in [1.29, 1.82) is 0 Å². The van der Waals surface area contributed by atoms with Crippen molar-refractivity contribution in [3.63, 3.8) is 0 Å². The number of nitrogens with zero attached hydrogens (tertiary/aromatic N) is 1. The second kappa shape index (κ2) is 11.4. The number of phosphoric acid groups is 1. The molecule has 2 N–H and O–H groups in total. The van der Waals surface area contributed by atoms with Crippen LogP contribution in [0.25, 0.3) is 0 Å². The van der Waals surface area contributed by atoms with Crippen LogP contribution in [0.5, 0.6) is 5.75 Å². The lowest BCUT2D eigenvalue weighted by molar-refractivity contribution is -0.130. The van der Waals surface area contributed by atoms with E-state index in [-0.39, 0.29) is 12.5 Å². The minimum absolute atomic E-state index is 0.0379. The van der Waals surface area contributed by atoms with Gasteiger partial charge in [-0.25, -0.2) is 4.57 Å². The van der Waals surface area contributed by atoms with Gasteiger partial charge in [-0.3, -0.25) is 9.32 Å². The highest BCUT2D eigenvalue weighted by atomic mass is 31.2. The number of carbonyl (C=O) groups excluding carboxylic acids is 1. The maximum absolute atomic E-state index is 12.4. The summed E-state index contributed by atoms with van der Waals surface area (Å²) in [6.07, 6.45) is 3.84. The van der Waals surface area contributed by atoms with Crippen molar-refractivity contribution in [2.75, 3.05) is 19.7 Å². The predicted molar refractivity (Wildman–Crippen MR) is 118 cm³/mol. The SMILES string of the molecule is O=C(CCc1cccc(OCCCCc2ccccc2)c1)N1CC[C@@H](OP(=O)(O)O)C1. The Hall–Kier alpha value is -2.18. The average Bonchev–Trinajstić information content (AvgIpc) is 3.20. The van der Waals surface area contributed by atoms with Crippen LogP contribution in [0.4, 0.5) is 0 Å². The van der Waals surface area contributed by atoms with Crippen LogP contribution in [-0.2, 0) is 26.7 Å². The van der Waals surface area contributed by atoms with Crippen molar-refractivity contribution in [3.05, 3.63) is 65.7 Å². The Bertz CT molecular complexity index is 885. The van der Waals surface area contributed by atoms with Gasteiger partial charge >= 0.3 is 7.82 Å². The molecule has 0 unspecified atom stereocenters. The zero-order valence-electron chi connectivity index (χ0n) is 17.6. The minimum atomic E-state index is -4.52. The fourth-order valence-corrected chi connectivity index (χ4v) is 4.26. The van der Waals surface area contributed by atoms with E-state index in [4.69, 9.17) is 19.0 Å². The number of likely N-dealkylation sites (tertiary alicyclic amines) is 1. The Kier molecular flexibility index (Phi) is 8.67. The van der Waals surface area contributed by atoms with Gasteiger partial charge in [-0.1, -0.05) is 42.5 Å². The van der Waals surface area contributed by atoms with Crippen molar-refractivity contribution in [2.45, 2.75) is 44.6 Å². The lowest BCUT2D eigenvalue weighted by Gasteiger charge is -2.17. The van der Waals surface area contributed by atoms with E-state index in [1.165, 1.54) is 5.56 Å². The maximum Gasteiger partial charge on any atom is 0.469 e. The van der Waals surface area contributed by atoms with Gasteiger partial charge in [-0.2, -0.15) is 0 Å². The molecule has 1 heterocycles. The number of aryl methyl sites for hydroxylation is 2. The first kappa shape index (κ1) is 23.5. The van der Waals surface area contributed by atoms with E-state index < -0.39 is 13.9 Å². The van der Waals surface area contributed by atoms with E-state index in [0.717, 1.165) is 30.6 Å². The lowest BCUT2D eigenvalue weighted by atomic mass is 10.1. The predicted octanol–water partition coefficient (Wildman–Crippen LogP) is 3.73. The summed E-state index contributed by atoms with van der Waals surface area (Å²) in [7, 11) is -4.52. The molecule has 1 fully saturated rings. The summed E-state index contributed by atoms with van der Waals surface area (Å²) >= 11 is 0. The number of ether oxygens (including phenoxy) is 1. The van der Waals surface area contributed by atoms with Gasteiger partial charge in [0.2, 0.25) is 5.91 Å². The standard InChI is InChI=1S/C23H30NO6P/c25-23(24-15-14-22(18-24)30-31(26,27)28)13-12-20-10-6-11-21(17-20)29-16-5-4-9-19-7-2-1-3-8-19/h1-3,6-8,10-11,17,22H,4-5,9,12-16,18H2,(H2,26,27,28)/t22-/m1/s1. The molecule has 1 amide bonds. The summed E-state index contributed by atoms with van der Waals surface area (Å²) in [5.41, 5.74) is 2.36. The monoisotopic (exact) mass is 447 g/mol. The highest BCUT2D eigenvalue weighted by molar-refractivity contribution is 7.46. The molecule has 7 nitrogen and oxygen atoms in total. The first-order valence-corrected chi connectivity index (χ1v) is 12.2. The molecule has 2 aromatic carbocycles. The molecule has 8 heteroatoms. The topological polar surface area (TPSA) is 96.3 Å². The molecule has 1 aliphatic rings. The Morgan fingerprint density at radius 1 is 1.03 bits per heavy atom. The highest BCUT2D eigenvalue weighted by Gasteiger charge is 2.31. The van der Waals surface area contributed by atoms with Crippen molar-refractivity contribution in [3.8, 4) is 5.75 Å². The zero-order valence-corrected chi connectivity index (χ0v) is 18.5. The molecule has 168 valence electrons. The number of rotatable bonds is 11. The van der Waals surface area contributed by atoms with Crippen LogP contribution < -0.4 is 4.74 Å². The smallest absolute Gasteiger partial charge is 0.469 e. The zero-order chi connectivity index (χ0) is 22.1. The van der Waals surface area contributed by atoms with E-state index in [1.807, 2.05) is 30.3 Å². The lowest BCUT2D eigenvalue weighted by Crippen LogP contribution is -2.30. The number of hydrogen-bond acceptors (Lipinski definition) is 4. The molecular weight excluding hydrogens is 417 g/mol. The summed E-state index contributed by atoms with van der Waals surface area (Å²) in [5.74, 6) is 0.769. The van der Waals surface area contributed by atoms with Gasteiger partial charge in [-0.15, -0.1) is 0 Å². The summed E-state index contributed by atoms with van der Waals surface area (Å²) in [4.78, 5) is 31.8. The molecule has 2 aromatic rings. The molecule has 0 bridgehead atoms. The van der Waals surface area contributed by atoms with Gasteiger partial charge in [0.25, 0.3) is 0 Å². The molecule has 0 saturated carbocycles. The third-order valence-electron chi connectivity index (χ3n) is 5.28. The van der Waals surface area contributed by atoms with E-state index in [2.05, 4.69) is 24.3 Å². The number of benzene rings is 2. The molecule has 1 saturated heterocycles. The van der Waals surface area contributed by atoms with Gasteiger partial charge in [0.1, 0.15) is 5.75 Å². The number of hydrogen-bond donors (Lipinski definition) is 2. The second-order valence-electron chi connectivity index (χ2n) is 7.78. The molecule has 0 radical (unpaired) electrons. The molecular formula is C23H30NO6P. The molecule has 31 heavy (non-hydrogen) atoms. The van der Waals surface area contributed by atoms with Crippen LogP contribution in [0.2, 0.25) is 0 Å². The maximum atomic E-state index is 12.4. The molecule has 3 rings (SSSR count). The summed E-state index contributed by atoms with van der Waals surface area (Å²) in [5, 5.41) is 0. The summed E-state index contributed by atoms with van der Waals surface area (Å²) < 4.78 is 21.5. The van der Waals surface area contributed by atoms with Crippen LogP contribution in [0.15, 0.2) is 54.6 Å². The number of phosphoric ester groups is 1. The summed E-state index contributed by atoms with van der Waals surface area (Å²) in [6, 6.07) is 18.2. The fourth-order valence-electron chi connectivity index (χ4n) is 3.70. The Morgan fingerprint density at radius 3 is 2.58 bits per heavy atom. The van der Waals surface area contributed by atoms with E-state index in [1.54, 1.807) is 4.90 Å². The number of carbonyl (C=O) groups is 1. The molecule has 1 aliphatic heterocycles. The number of unbranched alkanes of at least 4 members (excludes halogenated alkanes) is 1. The van der Waals surface area contributed by atoms with Crippen molar-refractivity contribution in [2.24, 2.45) is 0 Å². The Morgan fingerprint density at radius 2 is 1.81 bits per heavy atom. The Balaban J connectivity index is 1.36. The van der Waals surface area contributed by atoms with Crippen molar-refractivity contribution in [1.82, 2.24) is 4.90 Å². The van der Waals surface area contributed by atoms with Crippen LogP contribution in [0.1, 0.15) is 36.8 Å². The summed E-state index contributed by atoms with van der Waals surface area (Å²) in [6.45, 7) is 1.33. The Labute approximate surface area is 183 Å². The van der Waals surface area contributed by atoms with E-state index in [9.17, 15) is 9.36 Å². The molecule has 0 aliphatic carbocycles. The molecule has 0 aromatic heterocycles. The largest absolute Gasteiger partial charge is 0.494 e. The quantitative estimate of drug-likeness (QED) is 0.403. The van der Waals surface area contributed by atoms with Gasteiger partial charge in [0, 0.05) is 19.5 Å². The van der Waals surface area contributed by atoms with Gasteiger partial charge in [0.15, 0.2) is 0 Å². The third kappa shape index (κ3) is 8.46. The normalized spacial score (nSPS) is 16.5. The first-order chi connectivity index (χ1) is 14.9. The number of amides is 1. The van der Waals surface area contributed by atoms with Gasteiger partial charge in [-0.05, 0) is 55.4 Å². The first-order valence-electron chi connectivity index (χ1n) is 10.7. The van der Waals surface area contributed by atoms with Crippen LogP contribution in [0.3, 0.4) is 0 Å². The highest BCUT2D eigenvalue weighted by Crippen LogP contribution is 2.39. The van der Waals surface area contributed by atoms with Crippen molar-refractivity contribution < 1.29 is 28.4 Å². The van der Waals surface area contributed by atoms with Crippen LogP contribution in [-0.4, -0.2) is 46.4 Å². The molecule has 1 atom stereocenters. The van der Waals surface area contributed by atoms with Gasteiger partial charge < -0.3 is 19.4 Å². The van der Waals surface area contributed by atoms with E-state index >= 15 is 0 Å². The van der Waals surface area contributed by atoms with Crippen LogP contribution >= 0.6 is 7.82 Å². The second-order valence-corrected chi connectivity index (χ2v) is 8.98. The fraction of sp³-hybridized carbons (Fsp3) is 0.435. The van der Waals surface area contributed by atoms with Crippen LogP contribution in [0, 0.1) is 0 Å². The van der Waals surface area contributed by atoms with Crippen molar-refractivity contribution >= 4 is 13.7 Å². The third-order valence-corrected chi connectivity index (χ3v) is 5.85.